The standard InChI is InChI=1S/C33H52O10S/c1-18(14-15-33(17-39-33)30(5,6)36)21-11-12-22-20-10-13-24-29(3,4)27(41-44-43-42-37)23(38-9)16-31(24,7)25(20)26(35)28(32(21,22)8)40-19(2)34/h12,18,21,23-24,26-28,35-37H,10-11,13-17H2,1-9H3/t18-,21-,23-,24+,26-,27+,28+,31+,32-,33?/m1/s1. The van der Waals surface area contributed by atoms with Crippen LogP contribution in [0.15, 0.2) is 22.8 Å². The number of hydrogen-bond donors (Lipinski definition) is 3. The summed E-state index contributed by atoms with van der Waals surface area (Å²) >= 11 is 0.573. The van der Waals surface area contributed by atoms with Crippen LogP contribution >= 0.6 is 12.3 Å². The number of carbonyl (C=O) groups excluding carboxylic acids is 1. The maximum atomic E-state index is 12.6. The predicted molar refractivity (Wildman–Crippen MR) is 164 cm³/mol. The molecule has 1 saturated carbocycles. The van der Waals surface area contributed by atoms with Gasteiger partial charge in [-0.1, -0.05) is 45.7 Å². The molecular weight excluding hydrogens is 588 g/mol. The summed E-state index contributed by atoms with van der Waals surface area (Å²) in [6.07, 6.45) is 4.63. The molecule has 10 nitrogen and oxygen atoms in total. The minimum Gasteiger partial charge on any atom is -0.458 e. The molecule has 2 fully saturated rings. The van der Waals surface area contributed by atoms with E-state index in [1.165, 1.54) is 18.1 Å². The summed E-state index contributed by atoms with van der Waals surface area (Å²) in [5.41, 5.74) is 0.515. The van der Waals surface area contributed by atoms with Crippen LogP contribution in [0, 0.1) is 34.0 Å². The zero-order chi connectivity index (χ0) is 32.5. The summed E-state index contributed by atoms with van der Waals surface area (Å²) in [6, 6.07) is 0. The number of allylic oxidation sites excluding steroid dienone is 2. The van der Waals surface area contributed by atoms with E-state index >= 15 is 0 Å². The highest BCUT2D eigenvalue weighted by molar-refractivity contribution is 7.89. The van der Waals surface area contributed by atoms with E-state index in [-0.39, 0.29) is 30.0 Å². The Hall–Kier alpha value is -1.02. The molecule has 5 rings (SSSR count). The fourth-order valence-corrected chi connectivity index (χ4v) is 10.6. The molecule has 4 aliphatic carbocycles. The molecule has 0 amide bonds. The number of fused-ring (bicyclic) bond motifs is 4. The van der Waals surface area contributed by atoms with Crippen molar-refractivity contribution in [2.45, 2.75) is 130 Å². The van der Waals surface area contributed by atoms with E-state index in [9.17, 15) is 15.0 Å². The lowest BCUT2D eigenvalue weighted by Crippen LogP contribution is -2.63. The number of hydrogen-bond acceptors (Lipinski definition) is 11. The summed E-state index contributed by atoms with van der Waals surface area (Å²) in [5.74, 6) is 0.0959. The van der Waals surface area contributed by atoms with E-state index in [0.29, 0.717) is 25.4 Å². The zero-order valence-electron chi connectivity index (χ0n) is 27.7. The SMILES string of the molecule is CO[C@@H]1C[C@]2(C)C3=C(CC[C@H]2C(C)(C)[C@H]1OSOOO)C1=CC[C@H]([C@H](C)CCC2(C(C)(C)O)CO2)[C@@]1(C)[C@@H](OC(C)=O)[C@@H]3O. The van der Waals surface area contributed by atoms with Gasteiger partial charge >= 0.3 is 5.97 Å². The lowest BCUT2D eigenvalue weighted by molar-refractivity contribution is -0.434. The molecule has 0 aromatic rings. The van der Waals surface area contributed by atoms with E-state index in [2.05, 4.69) is 50.1 Å². The molecular formula is C33H52O10S. The lowest BCUT2D eigenvalue weighted by atomic mass is 9.45. The molecule has 250 valence electrons. The second kappa shape index (κ2) is 11.9. The predicted octanol–water partition coefficient (Wildman–Crippen LogP) is 5.73. The molecule has 0 radical (unpaired) electrons. The molecule has 1 unspecified atom stereocenters. The first-order valence-corrected chi connectivity index (χ1v) is 16.7. The van der Waals surface area contributed by atoms with Gasteiger partial charge in [0, 0.05) is 19.4 Å². The number of rotatable bonds is 11. The Labute approximate surface area is 266 Å². The smallest absolute Gasteiger partial charge is 0.303 e. The second-order valence-corrected chi connectivity index (χ2v) is 16.0. The van der Waals surface area contributed by atoms with Gasteiger partial charge in [0.05, 0.1) is 18.3 Å². The van der Waals surface area contributed by atoms with Gasteiger partial charge in [-0.3, -0.25) is 8.98 Å². The largest absolute Gasteiger partial charge is 0.458 e. The number of epoxide rings is 1. The van der Waals surface area contributed by atoms with Gasteiger partial charge in [-0.2, -0.15) is 0 Å². The molecule has 1 heterocycles. The number of aliphatic hydroxyl groups excluding tert-OH is 1. The Bertz CT molecular complexity index is 1170. The van der Waals surface area contributed by atoms with Crippen molar-refractivity contribution in [1.29, 1.82) is 0 Å². The van der Waals surface area contributed by atoms with Crippen LogP contribution in [0.5, 0.6) is 0 Å². The van der Waals surface area contributed by atoms with Crippen LogP contribution in [0.25, 0.3) is 0 Å². The maximum Gasteiger partial charge on any atom is 0.303 e. The van der Waals surface area contributed by atoms with Gasteiger partial charge < -0.3 is 24.4 Å². The van der Waals surface area contributed by atoms with Crippen molar-refractivity contribution >= 4 is 18.3 Å². The number of aliphatic hydroxyl groups is 2. The van der Waals surface area contributed by atoms with Crippen molar-refractivity contribution < 1.29 is 48.0 Å². The zero-order valence-corrected chi connectivity index (χ0v) is 28.5. The first-order valence-electron chi connectivity index (χ1n) is 16.0. The molecule has 10 atom stereocenters. The maximum absolute atomic E-state index is 12.6. The molecule has 0 spiro atoms. The van der Waals surface area contributed by atoms with Crippen molar-refractivity contribution in [3.63, 3.8) is 0 Å². The highest BCUT2D eigenvalue weighted by Crippen LogP contribution is 2.68. The van der Waals surface area contributed by atoms with Crippen molar-refractivity contribution in [3.05, 3.63) is 22.8 Å². The van der Waals surface area contributed by atoms with Gasteiger partial charge in [0.15, 0.2) is 12.3 Å². The number of ether oxygens (including phenoxy) is 3. The quantitative estimate of drug-likeness (QED) is 0.0638. The van der Waals surface area contributed by atoms with Crippen LogP contribution in [0.3, 0.4) is 0 Å². The van der Waals surface area contributed by atoms with Gasteiger partial charge in [0.2, 0.25) is 0 Å². The van der Waals surface area contributed by atoms with E-state index in [0.717, 1.165) is 37.7 Å². The number of esters is 1. The highest BCUT2D eigenvalue weighted by Gasteiger charge is 2.66. The Morgan fingerprint density at radius 2 is 1.91 bits per heavy atom. The van der Waals surface area contributed by atoms with E-state index in [1.807, 2.05) is 13.8 Å². The number of carbonyl (C=O) groups is 1. The average Bonchev–Trinajstić information content (AvgIpc) is 3.66. The van der Waals surface area contributed by atoms with Crippen molar-refractivity contribution in [2.24, 2.45) is 34.0 Å². The van der Waals surface area contributed by atoms with Crippen LogP contribution in [0.4, 0.5) is 0 Å². The molecule has 5 aliphatic rings. The molecule has 1 aliphatic heterocycles. The Kier molecular flexibility index (Phi) is 9.28. The Morgan fingerprint density at radius 3 is 2.48 bits per heavy atom. The van der Waals surface area contributed by atoms with Gasteiger partial charge in [-0.15, -0.1) is 4.33 Å². The molecule has 1 saturated heterocycles. The third-order valence-corrected chi connectivity index (χ3v) is 12.9. The molecule has 3 N–H and O–H groups in total. The second-order valence-electron chi connectivity index (χ2n) is 15.5. The Balaban J connectivity index is 1.51. The minimum atomic E-state index is -0.975. The van der Waals surface area contributed by atoms with E-state index < -0.39 is 45.6 Å². The summed E-state index contributed by atoms with van der Waals surface area (Å²) in [6.45, 7) is 16.5. The van der Waals surface area contributed by atoms with Crippen molar-refractivity contribution in [1.82, 2.24) is 0 Å². The third-order valence-electron chi connectivity index (χ3n) is 12.5. The van der Waals surface area contributed by atoms with Crippen LogP contribution < -0.4 is 0 Å². The fraction of sp³-hybridized carbons (Fsp3) is 0.848. The van der Waals surface area contributed by atoms with Crippen LogP contribution in [-0.4, -0.2) is 70.8 Å². The summed E-state index contributed by atoms with van der Waals surface area (Å²) in [7, 11) is 1.66. The monoisotopic (exact) mass is 640 g/mol. The van der Waals surface area contributed by atoms with Crippen molar-refractivity contribution in [2.75, 3.05) is 13.7 Å². The minimum absolute atomic E-state index is 0.117. The first-order chi connectivity index (χ1) is 20.5. The van der Waals surface area contributed by atoms with Gasteiger partial charge in [-0.05, 0) is 97.7 Å². The van der Waals surface area contributed by atoms with Crippen LogP contribution in [0.1, 0.15) is 93.9 Å². The van der Waals surface area contributed by atoms with Gasteiger partial charge in [0.25, 0.3) is 0 Å². The summed E-state index contributed by atoms with van der Waals surface area (Å²) in [4.78, 5) is 12.6. The normalized spacial score (nSPS) is 41.8. The van der Waals surface area contributed by atoms with Gasteiger partial charge in [-0.25, -0.2) is 5.26 Å². The molecule has 0 aromatic carbocycles. The summed E-state index contributed by atoms with van der Waals surface area (Å²) in [5, 5.41) is 35.5. The van der Waals surface area contributed by atoms with Crippen LogP contribution in [-0.2, 0) is 32.6 Å². The van der Waals surface area contributed by atoms with Crippen molar-refractivity contribution in [3.8, 4) is 0 Å². The molecule has 0 aromatic heterocycles. The number of methoxy groups -OCH3 is 1. The third kappa shape index (κ3) is 5.32. The first kappa shape index (κ1) is 34.3. The Morgan fingerprint density at radius 1 is 1.23 bits per heavy atom. The molecule has 0 bridgehead atoms. The van der Waals surface area contributed by atoms with E-state index in [1.54, 1.807) is 7.11 Å². The van der Waals surface area contributed by atoms with Crippen LogP contribution in [0.2, 0.25) is 0 Å². The highest BCUT2D eigenvalue weighted by atomic mass is 32.2. The topological polar surface area (TPSA) is 136 Å². The fourth-order valence-electron chi connectivity index (χ4n) is 10.1. The summed E-state index contributed by atoms with van der Waals surface area (Å²) < 4.78 is 28.4. The average molecular weight is 641 g/mol. The van der Waals surface area contributed by atoms with E-state index in [4.69, 9.17) is 23.7 Å². The molecule has 11 heteroatoms. The molecule has 44 heavy (non-hydrogen) atoms. The lowest BCUT2D eigenvalue weighted by Gasteiger charge is -2.62. The van der Waals surface area contributed by atoms with Gasteiger partial charge in [0.1, 0.15) is 23.9 Å².